The first-order chi connectivity index (χ1) is 11.5. The van der Waals surface area contributed by atoms with E-state index < -0.39 is 0 Å². The Labute approximate surface area is 173 Å². The largest absolute Gasteiger partial charge is 0.356 e. The standard InChI is InChI=1S/C18H30N4OS.HI/c1-14-7-6-8-15(2)16(14)9-10-19-18(20-11-12-24-5)21-13-17(23)22(3)4;/h6-8H,9-13H2,1-5H3,(H2,19,20,21);1H. The molecule has 1 rings (SSSR count). The lowest BCUT2D eigenvalue weighted by Crippen LogP contribution is -2.40. The normalized spacial score (nSPS) is 10.8. The summed E-state index contributed by atoms with van der Waals surface area (Å²) in [5.41, 5.74) is 4.00. The molecule has 0 aliphatic heterocycles. The Morgan fingerprint density at radius 3 is 2.32 bits per heavy atom. The summed E-state index contributed by atoms with van der Waals surface area (Å²) in [5.74, 6) is 1.69. The third-order valence-corrected chi connectivity index (χ3v) is 4.39. The predicted molar refractivity (Wildman–Crippen MR) is 120 cm³/mol. The van der Waals surface area contributed by atoms with E-state index in [1.165, 1.54) is 16.7 Å². The molecule has 1 aromatic carbocycles. The summed E-state index contributed by atoms with van der Waals surface area (Å²) < 4.78 is 0. The molecule has 7 heteroatoms. The van der Waals surface area contributed by atoms with Crippen molar-refractivity contribution in [2.75, 3.05) is 45.7 Å². The van der Waals surface area contributed by atoms with Gasteiger partial charge in [-0.25, -0.2) is 4.99 Å². The minimum atomic E-state index is -0.00397. The predicted octanol–water partition coefficient (Wildman–Crippen LogP) is 2.45. The van der Waals surface area contributed by atoms with Crippen LogP contribution in [-0.2, 0) is 11.2 Å². The number of aliphatic imine (C=N–C) groups is 1. The lowest BCUT2D eigenvalue weighted by molar-refractivity contribution is -0.127. The fourth-order valence-corrected chi connectivity index (χ4v) is 2.59. The smallest absolute Gasteiger partial charge is 0.243 e. The second-order valence-corrected chi connectivity index (χ2v) is 6.91. The van der Waals surface area contributed by atoms with Gasteiger partial charge in [0, 0.05) is 32.9 Å². The molecule has 0 fully saturated rings. The number of aryl methyl sites for hydroxylation is 2. The average molecular weight is 478 g/mol. The second-order valence-electron chi connectivity index (χ2n) is 5.92. The molecule has 0 saturated carbocycles. The molecule has 0 spiro atoms. The third-order valence-electron chi connectivity index (χ3n) is 3.78. The van der Waals surface area contributed by atoms with E-state index in [4.69, 9.17) is 0 Å². The number of likely N-dealkylation sites (N-methyl/N-ethyl adjacent to an activating group) is 1. The van der Waals surface area contributed by atoms with Gasteiger partial charge in [0.2, 0.25) is 5.91 Å². The highest BCUT2D eigenvalue weighted by molar-refractivity contribution is 14.0. The maximum Gasteiger partial charge on any atom is 0.243 e. The molecule has 0 bridgehead atoms. The minimum Gasteiger partial charge on any atom is -0.356 e. The molecule has 0 unspecified atom stereocenters. The molecule has 0 atom stereocenters. The number of carbonyl (C=O) groups is 1. The van der Waals surface area contributed by atoms with E-state index in [1.807, 2.05) is 0 Å². The molecular weight excluding hydrogens is 447 g/mol. The Hall–Kier alpha value is -0.960. The second kappa shape index (κ2) is 13.3. The van der Waals surface area contributed by atoms with Crippen LogP contribution in [0.5, 0.6) is 0 Å². The van der Waals surface area contributed by atoms with Crippen LogP contribution in [0.3, 0.4) is 0 Å². The number of hydrogen-bond acceptors (Lipinski definition) is 3. The van der Waals surface area contributed by atoms with Crippen molar-refractivity contribution in [3.8, 4) is 0 Å². The van der Waals surface area contributed by atoms with Crippen molar-refractivity contribution >= 4 is 47.6 Å². The van der Waals surface area contributed by atoms with Crippen LogP contribution in [0.2, 0.25) is 0 Å². The summed E-state index contributed by atoms with van der Waals surface area (Å²) in [6.07, 6.45) is 3.01. The average Bonchev–Trinajstić information content (AvgIpc) is 2.54. The van der Waals surface area contributed by atoms with Gasteiger partial charge in [0.05, 0.1) is 0 Å². The van der Waals surface area contributed by atoms with E-state index in [0.29, 0.717) is 5.96 Å². The quantitative estimate of drug-likeness (QED) is 0.261. The molecule has 142 valence electrons. The summed E-state index contributed by atoms with van der Waals surface area (Å²) in [6, 6.07) is 6.37. The molecular formula is C18H31IN4OS. The van der Waals surface area contributed by atoms with Crippen molar-refractivity contribution < 1.29 is 4.79 Å². The van der Waals surface area contributed by atoms with Crippen LogP contribution in [-0.4, -0.2) is 62.5 Å². The summed E-state index contributed by atoms with van der Waals surface area (Å²) in [6.45, 7) is 6.05. The Morgan fingerprint density at radius 2 is 1.76 bits per heavy atom. The molecule has 0 aliphatic carbocycles. The summed E-state index contributed by atoms with van der Waals surface area (Å²) in [7, 11) is 3.49. The van der Waals surface area contributed by atoms with Gasteiger partial charge in [0.1, 0.15) is 6.54 Å². The van der Waals surface area contributed by atoms with Crippen molar-refractivity contribution in [3.63, 3.8) is 0 Å². The van der Waals surface area contributed by atoms with Crippen LogP contribution in [0.15, 0.2) is 23.2 Å². The molecule has 1 amide bonds. The maximum atomic E-state index is 11.7. The number of nitrogens with one attached hydrogen (secondary N) is 2. The Balaban J connectivity index is 0.00000576. The number of nitrogens with zero attached hydrogens (tertiary/aromatic N) is 2. The Morgan fingerprint density at radius 1 is 1.16 bits per heavy atom. The number of amides is 1. The SMILES string of the molecule is CSCCNC(=NCC(=O)N(C)C)NCCc1c(C)cccc1C.I. The van der Waals surface area contributed by atoms with E-state index >= 15 is 0 Å². The van der Waals surface area contributed by atoms with Crippen molar-refractivity contribution in [3.05, 3.63) is 34.9 Å². The zero-order valence-corrected chi connectivity index (χ0v) is 19.0. The Bertz CT molecular complexity index is 544. The highest BCUT2D eigenvalue weighted by Gasteiger charge is 2.06. The Kier molecular flexibility index (Phi) is 12.8. The van der Waals surface area contributed by atoms with Crippen molar-refractivity contribution in [2.24, 2.45) is 4.99 Å². The molecule has 0 heterocycles. The molecule has 0 saturated heterocycles. The van der Waals surface area contributed by atoms with E-state index in [1.54, 1.807) is 30.8 Å². The van der Waals surface area contributed by atoms with Crippen LogP contribution in [0, 0.1) is 13.8 Å². The van der Waals surface area contributed by atoms with Gasteiger partial charge in [-0.1, -0.05) is 18.2 Å². The topological polar surface area (TPSA) is 56.7 Å². The highest BCUT2D eigenvalue weighted by atomic mass is 127. The number of hydrogen-bond donors (Lipinski definition) is 2. The van der Waals surface area contributed by atoms with Crippen LogP contribution >= 0.6 is 35.7 Å². The van der Waals surface area contributed by atoms with E-state index in [2.05, 4.69) is 53.9 Å². The first-order valence-corrected chi connectivity index (χ1v) is 9.61. The van der Waals surface area contributed by atoms with Gasteiger partial charge in [-0.15, -0.1) is 24.0 Å². The van der Waals surface area contributed by atoms with Crippen LogP contribution in [0.4, 0.5) is 0 Å². The molecule has 5 nitrogen and oxygen atoms in total. The van der Waals surface area contributed by atoms with E-state index in [-0.39, 0.29) is 36.4 Å². The highest BCUT2D eigenvalue weighted by Crippen LogP contribution is 2.13. The van der Waals surface area contributed by atoms with Gasteiger partial charge in [0.25, 0.3) is 0 Å². The maximum absolute atomic E-state index is 11.7. The minimum absolute atomic E-state index is 0. The van der Waals surface area contributed by atoms with E-state index in [9.17, 15) is 4.79 Å². The first-order valence-electron chi connectivity index (χ1n) is 8.22. The van der Waals surface area contributed by atoms with Gasteiger partial charge in [-0.2, -0.15) is 11.8 Å². The van der Waals surface area contributed by atoms with Crippen LogP contribution in [0.25, 0.3) is 0 Å². The lowest BCUT2D eigenvalue weighted by atomic mass is 10.0. The number of benzene rings is 1. The summed E-state index contributed by atoms with van der Waals surface area (Å²) >= 11 is 1.78. The van der Waals surface area contributed by atoms with Gasteiger partial charge in [-0.05, 0) is 43.2 Å². The molecule has 25 heavy (non-hydrogen) atoms. The first kappa shape index (κ1) is 24.0. The van der Waals surface area contributed by atoms with Gasteiger partial charge in [-0.3, -0.25) is 4.79 Å². The number of guanidine groups is 1. The van der Waals surface area contributed by atoms with Gasteiger partial charge in [0.15, 0.2) is 5.96 Å². The lowest BCUT2D eigenvalue weighted by Gasteiger charge is -2.15. The van der Waals surface area contributed by atoms with Crippen LogP contribution < -0.4 is 10.6 Å². The van der Waals surface area contributed by atoms with Crippen molar-refractivity contribution in [2.45, 2.75) is 20.3 Å². The summed E-state index contributed by atoms with van der Waals surface area (Å²) in [4.78, 5) is 17.7. The molecule has 2 N–H and O–H groups in total. The van der Waals surface area contributed by atoms with Crippen LogP contribution in [0.1, 0.15) is 16.7 Å². The van der Waals surface area contributed by atoms with Crippen molar-refractivity contribution in [1.29, 1.82) is 0 Å². The van der Waals surface area contributed by atoms with Gasteiger partial charge < -0.3 is 15.5 Å². The summed E-state index contributed by atoms with van der Waals surface area (Å²) in [5, 5.41) is 6.61. The van der Waals surface area contributed by atoms with E-state index in [0.717, 1.165) is 25.3 Å². The number of carbonyl (C=O) groups excluding carboxylic acids is 1. The third kappa shape index (κ3) is 9.34. The molecule has 0 radical (unpaired) electrons. The zero-order valence-electron chi connectivity index (χ0n) is 15.9. The van der Waals surface area contributed by atoms with Gasteiger partial charge >= 0.3 is 0 Å². The van der Waals surface area contributed by atoms with Crippen molar-refractivity contribution in [1.82, 2.24) is 15.5 Å². The molecule has 0 aliphatic rings. The molecule has 0 aromatic heterocycles. The number of halogens is 1. The number of thioether (sulfide) groups is 1. The fourth-order valence-electron chi connectivity index (χ4n) is 2.28. The molecule has 1 aromatic rings. The zero-order chi connectivity index (χ0) is 17.9. The number of rotatable bonds is 8. The fraction of sp³-hybridized carbons (Fsp3) is 0.556. The monoisotopic (exact) mass is 478 g/mol.